The van der Waals surface area contributed by atoms with Crippen LogP contribution in [0.4, 0.5) is 5.82 Å². The molecule has 1 saturated heterocycles. The number of rotatable bonds is 4. The molecule has 1 aliphatic carbocycles. The van der Waals surface area contributed by atoms with Crippen LogP contribution in [0.25, 0.3) is 22.3 Å². The van der Waals surface area contributed by atoms with Gasteiger partial charge < -0.3 is 15.4 Å². The van der Waals surface area contributed by atoms with Crippen molar-refractivity contribution in [2.75, 3.05) is 12.3 Å². The molecule has 1 saturated carbocycles. The fraction of sp³-hybridized carbons (Fsp3) is 0.231. The predicted octanol–water partition coefficient (Wildman–Crippen LogP) is 3.66. The Bertz CT molecular complexity index is 1420. The second-order valence-corrected chi connectivity index (χ2v) is 8.74. The lowest BCUT2D eigenvalue weighted by atomic mass is 10.0. The molecule has 1 aliphatic heterocycles. The number of benzene rings is 2. The third kappa shape index (κ3) is 3.25. The Labute approximate surface area is 196 Å². The third-order valence-corrected chi connectivity index (χ3v) is 6.83. The van der Waals surface area contributed by atoms with Crippen LogP contribution in [0.1, 0.15) is 18.9 Å². The Kier molecular flexibility index (Phi) is 4.69. The number of anilines is 1. The van der Waals surface area contributed by atoms with Gasteiger partial charge in [0.05, 0.1) is 11.4 Å². The van der Waals surface area contributed by atoms with Crippen molar-refractivity contribution in [2.45, 2.75) is 24.9 Å². The average Bonchev–Trinajstić information content (AvgIpc) is 3.58. The highest BCUT2D eigenvalue weighted by Crippen LogP contribution is 2.46. The van der Waals surface area contributed by atoms with Crippen LogP contribution in [0.3, 0.4) is 0 Å². The third-order valence-electron chi connectivity index (χ3n) is 6.83. The molecule has 0 unspecified atom stereocenters. The molecule has 8 heteroatoms. The van der Waals surface area contributed by atoms with Crippen molar-refractivity contribution in [3.8, 4) is 35.1 Å². The van der Waals surface area contributed by atoms with Gasteiger partial charge >= 0.3 is 0 Å². The van der Waals surface area contributed by atoms with E-state index in [2.05, 4.69) is 15.9 Å². The molecule has 3 atom stereocenters. The van der Waals surface area contributed by atoms with E-state index in [0.29, 0.717) is 18.0 Å². The van der Waals surface area contributed by atoms with Crippen LogP contribution >= 0.6 is 0 Å². The van der Waals surface area contributed by atoms with Gasteiger partial charge in [-0.05, 0) is 55.2 Å². The Hall–Kier alpha value is -4.38. The number of hydrogen-bond acceptors (Lipinski definition) is 6. The zero-order chi connectivity index (χ0) is 23.2. The maximum Gasteiger partial charge on any atom is 0.298 e. The standard InChI is InChI=1S/C26H22N6O2/c1-2-22(33)31-14-17-12-18(31)13-21(17)32-26-23(25(27)28-15-29-26)24(30-32)16-8-10-20(11-9-16)34-19-6-4-3-5-7-19/h1,3-11,15,17-18,21H,12-14H2,(H2,27,28,29)/t17-,18-,21+/m0/s1. The van der Waals surface area contributed by atoms with Crippen LogP contribution in [0.5, 0.6) is 11.5 Å². The van der Waals surface area contributed by atoms with Crippen LogP contribution in [-0.4, -0.2) is 43.1 Å². The van der Waals surface area contributed by atoms with Crippen LogP contribution in [0.2, 0.25) is 0 Å². The summed E-state index contributed by atoms with van der Waals surface area (Å²) in [4.78, 5) is 22.6. The molecule has 2 aromatic heterocycles. The van der Waals surface area contributed by atoms with Gasteiger partial charge in [0.25, 0.3) is 5.91 Å². The van der Waals surface area contributed by atoms with Crippen LogP contribution < -0.4 is 10.5 Å². The molecule has 2 aromatic carbocycles. The number of carbonyl (C=O) groups excluding carboxylic acids is 1. The summed E-state index contributed by atoms with van der Waals surface area (Å²) in [7, 11) is 0. The molecule has 34 heavy (non-hydrogen) atoms. The second-order valence-electron chi connectivity index (χ2n) is 8.74. The number of carbonyl (C=O) groups is 1. The van der Waals surface area contributed by atoms with Gasteiger partial charge in [0, 0.05) is 24.1 Å². The molecule has 0 radical (unpaired) electrons. The predicted molar refractivity (Wildman–Crippen MR) is 128 cm³/mol. The van der Waals surface area contributed by atoms with Crippen LogP contribution in [0.15, 0.2) is 60.9 Å². The normalized spacial score (nSPS) is 21.0. The summed E-state index contributed by atoms with van der Waals surface area (Å²) in [6.07, 6.45) is 8.52. The van der Waals surface area contributed by atoms with E-state index in [1.165, 1.54) is 6.33 Å². The smallest absolute Gasteiger partial charge is 0.298 e. The molecule has 2 bridgehead atoms. The maximum absolute atomic E-state index is 12.1. The number of fused-ring (bicyclic) bond motifs is 3. The Morgan fingerprint density at radius 1 is 1.06 bits per heavy atom. The number of likely N-dealkylation sites (tertiary alicyclic amines) is 1. The summed E-state index contributed by atoms with van der Waals surface area (Å²) < 4.78 is 7.89. The molecular weight excluding hydrogens is 428 g/mol. The molecule has 3 heterocycles. The Morgan fingerprint density at radius 3 is 2.53 bits per heavy atom. The van der Waals surface area contributed by atoms with Gasteiger partial charge in [0.1, 0.15) is 29.3 Å². The molecule has 0 spiro atoms. The highest BCUT2D eigenvalue weighted by atomic mass is 16.5. The largest absolute Gasteiger partial charge is 0.457 e. The molecule has 4 aromatic rings. The van der Waals surface area contributed by atoms with Gasteiger partial charge in [-0.3, -0.25) is 4.79 Å². The van der Waals surface area contributed by atoms with E-state index in [1.807, 2.05) is 64.2 Å². The van der Waals surface area contributed by atoms with E-state index in [9.17, 15) is 4.79 Å². The number of aromatic nitrogens is 4. The van der Waals surface area contributed by atoms with Crippen molar-refractivity contribution >= 4 is 22.8 Å². The zero-order valence-electron chi connectivity index (χ0n) is 18.3. The number of ether oxygens (including phenoxy) is 1. The SMILES string of the molecule is C#CC(=O)N1C[C@@H]2C[C@H]1C[C@H]2n1nc(-c2ccc(Oc3ccccc3)cc2)c2c(N)ncnc21. The van der Waals surface area contributed by atoms with Crippen LogP contribution in [-0.2, 0) is 4.79 Å². The molecular formula is C26H22N6O2. The van der Waals surface area contributed by atoms with Crippen molar-refractivity contribution in [1.82, 2.24) is 24.6 Å². The number of nitrogens with two attached hydrogens (primary N) is 1. The van der Waals surface area contributed by atoms with Gasteiger partial charge in [0.15, 0.2) is 5.65 Å². The van der Waals surface area contributed by atoms with Crippen LogP contribution in [0, 0.1) is 18.3 Å². The van der Waals surface area contributed by atoms with Gasteiger partial charge in [-0.1, -0.05) is 18.2 Å². The van der Waals surface area contributed by atoms with E-state index in [1.54, 1.807) is 0 Å². The monoisotopic (exact) mass is 450 g/mol. The van der Waals surface area contributed by atoms with E-state index in [0.717, 1.165) is 41.0 Å². The summed E-state index contributed by atoms with van der Waals surface area (Å²) in [5.41, 5.74) is 8.63. The van der Waals surface area contributed by atoms with Gasteiger partial charge in [-0.15, -0.1) is 6.42 Å². The first-order chi connectivity index (χ1) is 16.6. The minimum atomic E-state index is -0.235. The lowest BCUT2D eigenvalue weighted by molar-refractivity contribution is -0.127. The van der Waals surface area contributed by atoms with E-state index in [-0.39, 0.29) is 23.9 Å². The van der Waals surface area contributed by atoms with Gasteiger partial charge in [0.2, 0.25) is 0 Å². The molecule has 8 nitrogen and oxygen atoms in total. The number of hydrogen-bond donors (Lipinski definition) is 1. The number of para-hydroxylation sites is 1. The van der Waals surface area contributed by atoms with Gasteiger partial charge in [-0.2, -0.15) is 5.10 Å². The lowest BCUT2D eigenvalue weighted by Crippen LogP contribution is -2.40. The quantitative estimate of drug-likeness (QED) is 0.477. The Morgan fingerprint density at radius 2 is 1.82 bits per heavy atom. The number of terminal acetylenes is 1. The topological polar surface area (TPSA) is 99.2 Å². The molecule has 168 valence electrons. The molecule has 1 amide bonds. The summed E-state index contributed by atoms with van der Waals surface area (Å²) in [5.74, 6) is 4.18. The molecule has 2 N–H and O–H groups in total. The minimum absolute atomic E-state index is 0.123. The average molecular weight is 451 g/mol. The maximum atomic E-state index is 12.1. The summed E-state index contributed by atoms with van der Waals surface area (Å²) >= 11 is 0. The molecule has 2 aliphatic rings. The van der Waals surface area contributed by atoms with E-state index in [4.69, 9.17) is 22.0 Å². The van der Waals surface area contributed by atoms with Crippen molar-refractivity contribution in [2.24, 2.45) is 5.92 Å². The number of nitrogen functional groups attached to an aromatic ring is 1. The van der Waals surface area contributed by atoms with Crippen molar-refractivity contribution in [1.29, 1.82) is 0 Å². The summed E-state index contributed by atoms with van der Waals surface area (Å²) in [6, 6.07) is 17.6. The summed E-state index contributed by atoms with van der Waals surface area (Å²) in [5, 5.41) is 5.71. The fourth-order valence-electron chi connectivity index (χ4n) is 5.29. The minimum Gasteiger partial charge on any atom is -0.457 e. The number of nitrogens with zero attached hydrogens (tertiary/aromatic N) is 5. The number of amides is 1. The van der Waals surface area contributed by atoms with Gasteiger partial charge in [-0.25, -0.2) is 14.6 Å². The zero-order valence-corrected chi connectivity index (χ0v) is 18.3. The Balaban J connectivity index is 1.34. The molecule has 6 rings (SSSR count). The van der Waals surface area contributed by atoms with E-state index >= 15 is 0 Å². The highest BCUT2D eigenvalue weighted by molar-refractivity contribution is 5.98. The molecule has 2 fully saturated rings. The summed E-state index contributed by atoms with van der Waals surface area (Å²) in [6.45, 7) is 0.640. The van der Waals surface area contributed by atoms with Crippen molar-refractivity contribution < 1.29 is 9.53 Å². The van der Waals surface area contributed by atoms with Crippen molar-refractivity contribution in [3.05, 3.63) is 60.9 Å². The van der Waals surface area contributed by atoms with Crippen molar-refractivity contribution in [3.63, 3.8) is 0 Å². The van der Waals surface area contributed by atoms with E-state index < -0.39 is 0 Å². The fourth-order valence-corrected chi connectivity index (χ4v) is 5.29. The first kappa shape index (κ1) is 20.2. The lowest BCUT2D eigenvalue weighted by Gasteiger charge is -2.30. The first-order valence-electron chi connectivity index (χ1n) is 11.2. The second kappa shape index (κ2) is 7.89. The highest BCUT2D eigenvalue weighted by Gasteiger charge is 2.48. The number of piperidine rings is 1. The first-order valence-corrected chi connectivity index (χ1v) is 11.2.